The number of piperidine rings is 2. The van der Waals surface area contributed by atoms with Crippen LogP contribution in [0.5, 0.6) is 0 Å². The summed E-state index contributed by atoms with van der Waals surface area (Å²) < 4.78 is 51.2. The zero-order chi connectivity index (χ0) is 42.5. The summed E-state index contributed by atoms with van der Waals surface area (Å²) in [6.45, 7) is 4.56. The summed E-state index contributed by atoms with van der Waals surface area (Å²) in [6, 6.07) is 18.8. The number of sulfonamides is 2. The first-order chi connectivity index (χ1) is 28.0. The number of hydrogen-bond acceptors (Lipinski definition) is 8. The van der Waals surface area contributed by atoms with Crippen LogP contribution in [-0.4, -0.2) is 118 Å². The first kappa shape index (κ1) is 44.2. The van der Waals surface area contributed by atoms with Gasteiger partial charge in [-0.1, -0.05) is 54.4 Å². The summed E-state index contributed by atoms with van der Waals surface area (Å²) in [7, 11) is -7.64. The molecule has 0 bridgehead atoms. The third-order valence-electron chi connectivity index (χ3n) is 11.0. The summed E-state index contributed by atoms with van der Waals surface area (Å²) in [5, 5.41) is 9.39. The number of amides is 4. The fraction of sp³-hybridized carbons (Fsp3) is 0.415. The lowest BCUT2D eigenvalue weighted by molar-refractivity contribution is -0.143. The van der Waals surface area contributed by atoms with Crippen molar-refractivity contribution in [3.05, 3.63) is 82.8 Å². The summed E-state index contributed by atoms with van der Waals surface area (Å²) >= 11 is 11.8. The Labute approximate surface area is 354 Å². The van der Waals surface area contributed by atoms with E-state index in [2.05, 4.69) is 4.72 Å². The molecule has 3 heterocycles. The molecule has 3 N–H and O–H groups in total. The Bertz CT molecular complexity index is 2470. The van der Waals surface area contributed by atoms with Crippen molar-refractivity contribution < 1.29 is 36.0 Å². The molecule has 4 aromatic carbocycles. The van der Waals surface area contributed by atoms with Gasteiger partial charge in [-0.2, -0.15) is 4.72 Å². The Morgan fingerprint density at radius 1 is 0.695 bits per heavy atom. The van der Waals surface area contributed by atoms with Crippen LogP contribution < -0.4 is 9.86 Å². The first-order valence-electron chi connectivity index (χ1n) is 19.6. The fourth-order valence-corrected chi connectivity index (χ4v) is 9.74. The average Bonchev–Trinajstić information content (AvgIpc) is 3.43. The summed E-state index contributed by atoms with van der Waals surface area (Å²) in [5.41, 5.74) is 0. The van der Waals surface area contributed by atoms with Crippen LogP contribution in [0.3, 0.4) is 0 Å². The maximum Gasteiger partial charge on any atom is 0.242 e. The second kappa shape index (κ2) is 18.9. The van der Waals surface area contributed by atoms with E-state index in [1.807, 2.05) is 6.92 Å². The zero-order valence-corrected chi connectivity index (χ0v) is 35.8. The predicted molar refractivity (Wildman–Crippen MR) is 227 cm³/mol. The second-order valence-electron chi connectivity index (χ2n) is 15.2. The van der Waals surface area contributed by atoms with E-state index in [-0.39, 0.29) is 46.5 Å². The zero-order valence-electron chi connectivity index (χ0n) is 32.7. The molecule has 3 fully saturated rings. The molecule has 3 aliphatic rings. The van der Waals surface area contributed by atoms with Crippen LogP contribution >= 0.6 is 23.2 Å². The van der Waals surface area contributed by atoms with Crippen molar-refractivity contribution >= 4 is 88.4 Å². The van der Waals surface area contributed by atoms with Crippen molar-refractivity contribution in [1.82, 2.24) is 24.3 Å². The number of halogens is 2. The van der Waals surface area contributed by atoms with Crippen molar-refractivity contribution in [2.45, 2.75) is 61.3 Å². The average molecular weight is 888 g/mol. The van der Waals surface area contributed by atoms with Gasteiger partial charge >= 0.3 is 0 Å². The number of fused-ring (bicyclic) bond motifs is 2. The van der Waals surface area contributed by atoms with Crippen molar-refractivity contribution in [3.63, 3.8) is 0 Å². The lowest BCUT2D eigenvalue weighted by Crippen LogP contribution is -2.55. The number of primary sulfonamides is 1. The van der Waals surface area contributed by atoms with Gasteiger partial charge in [0, 0.05) is 55.7 Å². The van der Waals surface area contributed by atoms with Gasteiger partial charge in [0.15, 0.2) is 0 Å². The molecule has 4 amide bonds. The SMILES string of the molecule is CCC1CN(C(=O)CN2CCCCC2=O)CCN(C(=O)CN2CCCC(NS(=O)(=O)c3ccc4cc(Cl)ccc4c3)C2=O)C1.NS(=O)(=O)c1ccc2cc(Cl)ccc2c1. The van der Waals surface area contributed by atoms with E-state index in [0.717, 1.165) is 35.4 Å². The number of carbonyl (C=O) groups excluding carboxylic acids is 4. The van der Waals surface area contributed by atoms with Gasteiger partial charge in [0.25, 0.3) is 0 Å². The molecule has 0 aliphatic carbocycles. The van der Waals surface area contributed by atoms with E-state index >= 15 is 0 Å². The topological polar surface area (TPSA) is 188 Å². The maximum absolute atomic E-state index is 13.5. The van der Waals surface area contributed by atoms with Crippen LogP contribution in [0, 0.1) is 5.92 Å². The number of nitrogens with two attached hydrogens (primary N) is 1. The highest BCUT2D eigenvalue weighted by atomic mass is 35.5. The quantitative estimate of drug-likeness (QED) is 0.244. The minimum atomic E-state index is -4.00. The largest absolute Gasteiger partial charge is 0.339 e. The molecule has 2 unspecified atom stereocenters. The molecule has 3 saturated heterocycles. The predicted octanol–water partition coefficient (Wildman–Crippen LogP) is 4.61. The van der Waals surface area contributed by atoms with Crippen molar-refractivity contribution in [1.29, 1.82) is 0 Å². The van der Waals surface area contributed by atoms with E-state index in [9.17, 15) is 36.0 Å². The van der Waals surface area contributed by atoms with Gasteiger partial charge in [-0.15, -0.1) is 0 Å². The Hall–Kier alpha value is -4.32. The van der Waals surface area contributed by atoms with Gasteiger partial charge in [-0.3, -0.25) is 19.2 Å². The Kier molecular flexibility index (Phi) is 14.2. The molecule has 18 heteroatoms. The number of rotatable bonds is 9. The van der Waals surface area contributed by atoms with E-state index < -0.39 is 32.0 Å². The number of nitrogens with zero attached hydrogens (tertiary/aromatic N) is 4. The summed E-state index contributed by atoms with van der Waals surface area (Å²) in [6.07, 6.45) is 3.89. The molecule has 59 heavy (non-hydrogen) atoms. The third kappa shape index (κ3) is 11.3. The molecular formula is C41H48Cl2N6O8S2. The van der Waals surface area contributed by atoms with Gasteiger partial charge in [0.2, 0.25) is 43.7 Å². The van der Waals surface area contributed by atoms with Crippen LogP contribution in [-0.2, 0) is 39.2 Å². The molecule has 14 nitrogen and oxygen atoms in total. The lowest BCUT2D eigenvalue weighted by Gasteiger charge is -2.34. The smallest absolute Gasteiger partial charge is 0.242 e. The van der Waals surface area contributed by atoms with E-state index in [4.69, 9.17) is 28.3 Å². The normalized spacial score (nSPS) is 19.4. The molecule has 3 aliphatic heterocycles. The molecule has 4 aromatic rings. The van der Waals surface area contributed by atoms with Gasteiger partial charge < -0.3 is 19.6 Å². The van der Waals surface area contributed by atoms with Crippen molar-refractivity contribution in [2.24, 2.45) is 11.1 Å². The maximum atomic E-state index is 13.5. The molecule has 7 rings (SSSR count). The van der Waals surface area contributed by atoms with Gasteiger partial charge in [0.05, 0.1) is 22.9 Å². The number of benzene rings is 4. The first-order valence-corrected chi connectivity index (χ1v) is 23.3. The van der Waals surface area contributed by atoms with Crippen LogP contribution in [0.2, 0.25) is 10.0 Å². The Balaban J connectivity index is 0.000000326. The standard InChI is InChI=1S/C31H40ClN5O6S.C10H8ClNO2S/c1-2-22-18-35(29(39)20-34-12-4-3-7-28(34)38)14-15-36(19-22)30(40)21-37-13-5-6-27(31(37)41)33-44(42,43)26-11-9-23-16-25(32)10-8-24(23)17-26;11-9-3-1-8-6-10(15(12,13)14)4-2-7(8)5-9/h8-11,16-17,22,27,33H,2-7,12-15,18-21H2,1H3;1-6H,(H2,12,13,14). The molecule has 0 radical (unpaired) electrons. The third-order valence-corrected chi connectivity index (χ3v) is 13.8. The number of hydrogen-bond donors (Lipinski definition) is 2. The van der Waals surface area contributed by atoms with Gasteiger partial charge in [0.1, 0.15) is 6.04 Å². The van der Waals surface area contributed by atoms with Crippen LogP contribution in [0.15, 0.2) is 82.6 Å². The fourth-order valence-electron chi connectivity index (χ4n) is 7.57. The number of carbonyl (C=O) groups is 4. The minimum absolute atomic E-state index is 0.0117. The van der Waals surface area contributed by atoms with Gasteiger partial charge in [-0.25, -0.2) is 22.0 Å². The highest BCUT2D eigenvalue weighted by Gasteiger charge is 2.35. The number of likely N-dealkylation sites (tertiary alicyclic amines) is 2. The number of nitrogens with one attached hydrogen (secondary N) is 1. The van der Waals surface area contributed by atoms with Crippen molar-refractivity contribution in [3.8, 4) is 0 Å². The summed E-state index contributed by atoms with van der Waals surface area (Å²) in [5.74, 6) is -0.682. The highest BCUT2D eigenvalue weighted by Crippen LogP contribution is 2.25. The van der Waals surface area contributed by atoms with Crippen LogP contribution in [0.25, 0.3) is 21.5 Å². The minimum Gasteiger partial charge on any atom is -0.339 e. The van der Waals surface area contributed by atoms with Crippen molar-refractivity contribution in [2.75, 3.05) is 52.4 Å². The van der Waals surface area contributed by atoms with E-state index in [1.165, 1.54) is 23.1 Å². The Morgan fingerprint density at radius 3 is 1.76 bits per heavy atom. The second-order valence-corrected chi connectivity index (χ2v) is 19.3. The molecule has 316 valence electrons. The summed E-state index contributed by atoms with van der Waals surface area (Å²) in [4.78, 5) is 58.8. The molecule has 0 aromatic heterocycles. The Morgan fingerprint density at radius 2 is 1.20 bits per heavy atom. The van der Waals surface area contributed by atoms with Crippen LogP contribution in [0.1, 0.15) is 45.4 Å². The van der Waals surface area contributed by atoms with E-state index in [0.29, 0.717) is 74.0 Å². The molecular weight excluding hydrogens is 840 g/mol. The van der Waals surface area contributed by atoms with E-state index in [1.54, 1.807) is 69.3 Å². The molecule has 2 atom stereocenters. The highest BCUT2D eigenvalue weighted by molar-refractivity contribution is 7.89. The lowest BCUT2D eigenvalue weighted by atomic mass is 10.0. The molecule has 0 saturated carbocycles. The van der Waals surface area contributed by atoms with Crippen LogP contribution in [0.4, 0.5) is 0 Å². The molecule has 0 spiro atoms. The monoisotopic (exact) mass is 886 g/mol. The van der Waals surface area contributed by atoms with Gasteiger partial charge in [-0.05, 0) is 108 Å².